The van der Waals surface area contributed by atoms with Gasteiger partial charge in [-0.1, -0.05) is 12.1 Å². The van der Waals surface area contributed by atoms with Crippen LogP contribution in [0.3, 0.4) is 0 Å². The van der Waals surface area contributed by atoms with Gasteiger partial charge in [-0.2, -0.15) is 0 Å². The van der Waals surface area contributed by atoms with E-state index in [9.17, 15) is 4.79 Å². The Morgan fingerprint density at radius 1 is 1.19 bits per heavy atom. The fourth-order valence-corrected chi connectivity index (χ4v) is 3.38. The maximum Gasteiger partial charge on any atom is 0.258 e. The minimum atomic E-state index is -0.0454. The number of carbonyl (C=O) groups is 1. The van der Waals surface area contributed by atoms with Gasteiger partial charge in [-0.25, -0.2) is 0 Å². The summed E-state index contributed by atoms with van der Waals surface area (Å²) in [5.74, 6) is 1.54. The van der Waals surface area contributed by atoms with Crippen LogP contribution < -0.4 is 20.7 Å². The number of nitrogens with zero attached hydrogens (tertiary/aromatic N) is 2. The number of halogens is 1. The topological polar surface area (TPSA) is 87.2 Å². The zero-order valence-electron chi connectivity index (χ0n) is 19.1. The first kappa shape index (κ1) is 26.7. The van der Waals surface area contributed by atoms with E-state index in [1.54, 1.807) is 0 Å². The lowest BCUT2D eigenvalue weighted by Gasteiger charge is -2.26. The smallest absolute Gasteiger partial charge is 0.258 e. The largest absolute Gasteiger partial charge is 0.484 e. The van der Waals surface area contributed by atoms with Crippen molar-refractivity contribution in [2.24, 2.45) is 4.99 Å². The molecular weight excluding hydrogens is 521 g/mol. The van der Waals surface area contributed by atoms with Crippen molar-refractivity contribution in [1.29, 1.82) is 0 Å². The second kappa shape index (κ2) is 15.3. The number of benzene rings is 1. The van der Waals surface area contributed by atoms with E-state index in [1.807, 2.05) is 24.3 Å². The van der Waals surface area contributed by atoms with Crippen LogP contribution in [0.2, 0.25) is 0 Å². The molecule has 0 spiro atoms. The number of ether oxygens (including phenoxy) is 2. The van der Waals surface area contributed by atoms with Crippen LogP contribution >= 0.6 is 24.0 Å². The van der Waals surface area contributed by atoms with E-state index >= 15 is 0 Å². The first-order chi connectivity index (χ1) is 15.2. The Morgan fingerprint density at radius 2 is 1.94 bits per heavy atom. The molecule has 9 heteroatoms. The third-order valence-electron chi connectivity index (χ3n) is 5.29. The van der Waals surface area contributed by atoms with Crippen molar-refractivity contribution in [3.63, 3.8) is 0 Å². The Morgan fingerprint density at radius 3 is 2.62 bits per heavy atom. The van der Waals surface area contributed by atoms with Gasteiger partial charge in [-0.15, -0.1) is 24.0 Å². The molecule has 0 atom stereocenters. The Bertz CT molecular complexity index is 691. The average molecular weight is 559 g/mol. The van der Waals surface area contributed by atoms with E-state index in [0.717, 1.165) is 89.9 Å². The Hall–Kier alpha value is -1.59. The first-order valence-electron chi connectivity index (χ1n) is 11.6. The van der Waals surface area contributed by atoms with Crippen molar-refractivity contribution in [3.8, 4) is 5.75 Å². The van der Waals surface area contributed by atoms with Crippen molar-refractivity contribution in [3.05, 3.63) is 29.8 Å². The molecule has 0 unspecified atom stereocenters. The van der Waals surface area contributed by atoms with E-state index < -0.39 is 0 Å². The van der Waals surface area contributed by atoms with Crippen molar-refractivity contribution < 1.29 is 14.3 Å². The summed E-state index contributed by atoms with van der Waals surface area (Å²) < 4.78 is 10.9. The minimum Gasteiger partial charge on any atom is -0.484 e. The number of hydrogen-bond acceptors (Lipinski definition) is 5. The van der Waals surface area contributed by atoms with Gasteiger partial charge in [0.25, 0.3) is 5.91 Å². The van der Waals surface area contributed by atoms with Gasteiger partial charge in [0.05, 0.1) is 13.2 Å². The van der Waals surface area contributed by atoms with Crippen LogP contribution in [0.1, 0.15) is 31.7 Å². The highest BCUT2D eigenvalue weighted by Gasteiger charge is 2.23. The van der Waals surface area contributed by atoms with Crippen LogP contribution in [0.25, 0.3) is 0 Å². The fraction of sp³-hybridized carbons (Fsp3) is 0.652. The molecule has 1 aromatic rings. The molecule has 3 N–H and O–H groups in total. The van der Waals surface area contributed by atoms with Gasteiger partial charge < -0.3 is 25.4 Å². The monoisotopic (exact) mass is 559 g/mol. The zero-order valence-corrected chi connectivity index (χ0v) is 21.4. The molecule has 2 fully saturated rings. The summed E-state index contributed by atoms with van der Waals surface area (Å²) >= 11 is 0. The number of guanidine groups is 1. The number of aliphatic imine (C=N–C) groups is 1. The third kappa shape index (κ3) is 10.8. The van der Waals surface area contributed by atoms with Gasteiger partial charge in [0, 0.05) is 45.3 Å². The molecule has 1 saturated heterocycles. The number of carbonyl (C=O) groups excluding carboxylic acids is 1. The van der Waals surface area contributed by atoms with Crippen molar-refractivity contribution in [2.45, 2.75) is 38.6 Å². The molecule has 1 saturated carbocycles. The third-order valence-corrected chi connectivity index (χ3v) is 5.29. The molecule has 8 nitrogen and oxygen atoms in total. The summed E-state index contributed by atoms with van der Waals surface area (Å²) in [5, 5.41) is 9.64. The van der Waals surface area contributed by atoms with Crippen molar-refractivity contribution in [1.82, 2.24) is 20.9 Å². The van der Waals surface area contributed by atoms with Gasteiger partial charge in [0.1, 0.15) is 5.75 Å². The van der Waals surface area contributed by atoms with Crippen LogP contribution in [-0.2, 0) is 16.0 Å². The molecule has 2 aliphatic rings. The molecule has 3 rings (SSSR count). The standard InChI is InChI=1S/C23H37N5O3.HI/c1-2-24-23(25-11-3-13-28-14-16-30-17-15-28)26-12-10-19-4-8-21(9-5-19)31-18-22(29)27-20-6-7-20;/h4-5,8-9,20H,2-3,6-7,10-18H2,1H3,(H,27,29)(H2,24,25,26);1H. The predicted molar refractivity (Wildman–Crippen MR) is 138 cm³/mol. The molecule has 0 aromatic heterocycles. The van der Waals surface area contributed by atoms with E-state index in [1.165, 1.54) is 5.56 Å². The SMILES string of the molecule is CCNC(=NCCCN1CCOCC1)NCCc1ccc(OCC(=O)NC2CC2)cc1.I. The number of rotatable bonds is 12. The molecule has 32 heavy (non-hydrogen) atoms. The zero-order chi connectivity index (χ0) is 21.7. The lowest BCUT2D eigenvalue weighted by molar-refractivity contribution is -0.123. The van der Waals surface area contributed by atoms with Crippen molar-refractivity contribution >= 4 is 35.8 Å². The number of morpholine rings is 1. The van der Waals surface area contributed by atoms with Crippen LogP contribution in [-0.4, -0.2) is 81.9 Å². The highest BCUT2D eigenvalue weighted by Crippen LogP contribution is 2.18. The normalized spacial score (nSPS) is 16.7. The second-order valence-electron chi connectivity index (χ2n) is 8.02. The highest BCUT2D eigenvalue weighted by atomic mass is 127. The molecule has 1 amide bonds. The molecule has 0 radical (unpaired) electrons. The second-order valence-corrected chi connectivity index (χ2v) is 8.02. The average Bonchev–Trinajstić information content (AvgIpc) is 3.61. The van der Waals surface area contributed by atoms with Gasteiger partial charge in [0.15, 0.2) is 12.6 Å². The summed E-state index contributed by atoms with van der Waals surface area (Å²) in [4.78, 5) is 18.8. The van der Waals surface area contributed by atoms with Crippen LogP contribution in [0.5, 0.6) is 5.75 Å². The maximum absolute atomic E-state index is 11.7. The van der Waals surface area contributed by atoms with Crippen LogP contribution in [0.15, 0.2) is 29.3 Å². The Balaban J connectivity index is 0.00000363. The van der Waals surface area contributed by atoms with Crippen LogP contribution in [0.4, 0.5) is 0 Å². The van der Waals surface area contributed by atoms with E-state index in [0.29, 0.717) is 6.04 Å². The molecule has 1 aliphatic carbocycles. The summed E-state index contributed by atoms with van der Waals surface area (Å²) in [6, 6.07) is 8.30. The van der Waals surface area contributed by atoms with Gasteiger partial charge in [-0.05, 0) is 50.3 Å². The molecular formula is C23H38IN5O3. The lowest BCUT2D eigenvalue weighted by Crippen LogP contribution is -2.39. The van der Waals surface area contributed by atoms with Gasteiger partial charge in [0.2, 0.25) is 0 Å². The van der Waals surface area contributed by atoms with Crippen molar-refractivity contribution in [2.75, 3.05) is 59.1 Å². The summed E-state index contributed by atoms with van der Waals surface area (Å²) in [7, 11) is 0. The minimum absolute atomic E-state index is 0. The molecule has 1 aromatic carbocycles. The van der Waals surface area contributed by atoms with Crippen LogP contribution in [0, 0.1) is 0 Å². The van der Waals surface area contributed by atoms with Gasteiger partial charge in [-0.3, -0.25) is 14.7 Å². The first-order valence-corrected chi connectivity index (χ1v) is 11.6. The molecule has 1 heterocycles. The molecule has 180 valence electrons. The maximum atomic E-state index is 11.7. The van der Waals surface area contributed by atoms with Gasteiger partial charge >= 0.3 is 0 Å². The number of hydrogen-bond donors (Lipinski definition) is 3. The summed E-state index contributed by atoms with van der Waals surface area (Å²) in [5.41, 5.74) is 1.21. The molecule has 1 aliphatic heterocycles. The Kier molecular flexibility index (Phi) is 12.7. The molecule has 0 bridgehead atoms. The summed E-state index contributed by atoms with van der Waals surface area (Å²) in [6.45, 7) is 9.43. The number of amides is 1. The predicted octanol–water partition coefficient (Wildman–Crippen LogP) is 1.78. The van der Waals surface area contributed by atoms with E-state index in [4.69, 9.17) is 9.47 Å². The highest BCUT2D eigenvalue weighted by molar-refractivity contribution is 14.0. The lowest BCUT2D eigenvalue weighted by atomic mass is 10.1. The van der Waals surface area contributed by atoms with E-state index in [-0.39, 0.29) is 36.5 Å². The fourth-order valence-electron chi connectivity index (χ4n) is 3.38. The summed E-state index contributed by atoms with van der Waals surface area (Å²) in [6.07, 6.45) is 4.11. The quantitative estimate of drug-likeness (QED) is 0.157. The number of nitrogens with one attached hydrogen (secondary N) is 3. The Labute approximate surface area is 208 Å². The van der Waals surface area contributed by atoms with E-state index in [2.05, 4.69) is 32.8 Å².